The summed E-state index contributed by atoms with van der Waals surface area (Å²) in [7, 11) is 0. The van der Waals surface area contributed by atoms with Crippen LogP contribution in [-0.2, 0) is 14.4 Å². The van der Waals surface area contributed by atoms with Gasteiger partial charge in [0.25, 0.3) is 5.91 Å². The van der Waals surface area contributed by atoms with Gasteiger partial charge < -0.3 is 0 Å². The van der Waals surface area contributed by atoms with Crippen LogP contribution in [-0.4, -0.2) is 29.0 Å². The van der Waals surface area contributed by atoms with Gasteiger partial charge in [0, 0.05) is 17.7 Å². The molecule has 0 saturated carbocycles. The van der Waals surface area contributed by atoms with Gasteiger partial charge in [-0.2, -0.15) is 0 Å². The molecule has 0 aromatic carbocycles. The molecule has 0 aliphatic carbocycles. The van der Waals surface area contributed by atoms with E-state index in [4.69, 9.17) is 0 Å². The number of hydrogen-bond donors (Lipinski definition) is 0. The standard InChI is InChI=1S/C17H27NO3/c1-8-9-18-12(20)10-11(19)13(16(2,3)4)14(15(18)21)17(5,6)7/h8-10H2,1-7H3. The molecule has 4 nitrogen and oxygen atoms in total. The van der Waals surface area contributed by atoms with Crippen LogP contribution in [0, 0.1) is 10.8 Å². The number of hydrogen-bond acceptors (Lipinski definition) is 3. The monoisotopic (exact) mass is 293 g/mol. The number of imide groups is 1. The maximum absolute atomic E-state index is 12.9. The number of ketones is 1. The molecule has 0 bridgehead atoms. The zero-order chi connectivity index (χ0) is 16.6. The Balaban J connectivity index is 3.62. The number of carbonyl (C=O) groups excluding carboxylic acids is 3. The third kappa shape index (κ3) is 3.60. The van der Waals surface area contributed by atoms with Crippen LogP contribution in [0.15, 0.2) is 11.1 Å². The van der Waals surface area contributed by atoms with Gasteiger partial charge in [0.05, 0.1) is 6.42 Å². The van der Waals surface area contributed by atoms with Crippen LogP contribution >= 0.6 is 0 Å². The van der Waals surface area contributed by atoms with Gasteiger partial charge in [-0.1, -0.05) is 48.5 Å². The molecule has 1 heterocycles. The van der Waals surface area contributed by atoms with E-state index in [9.17, 15) is 14.4 Å². The number of rotatable bonds is 2. The van der Waals surface area contributed by atoms with E-state index in [-0.39, 0.29) is 24.0 Å². The predicted octanol–water partition coefficient (Wildman–Crippen LogP) is 3.11. The fraction of sp³-hybridized carbons (Fsp3) is 0.706. The van der Waals surface area contributed by atoms with Gasteiger partial charge in [0.15, 0.2) is 5.78 Å². The molecule has 21 heavy (non-hydrogen) atoms. The molecule has 0 atom stereocenters. The molecule has 0 spiro atoms. The first kappa shape index (κ1) is 17.6. The van der Waals surface area contributed by atoms with E-state index in [0.29, 0.717) is 24.1 Å². The Morgan fingerprint density at radius 1 is 0.905 bits per heavy atom. The summed E-state index contributed by atoms with van der Waals surface area (Å²) < 4.78 is 0. The van der Waals surface area contributed by atoms with Crippen molar-refractivity contribution in [2.24, 2.45) is 10.8 Å². The van der Waals surface area contributed by atoms with Crippen molar-refractivity contribution in [2.75, 3.05) is 6.54 Å². The summed E-state index contributed by atoms with van der Waals surface area (Å²) in [6.45, 7) is 13.8. The predicted molar refractivity (Wildman–Crippen MR) is 82.6 cm³/mol. The lowest BCUT2D eigenvalue weighted by Crippen LogP contribution is -2.40. The van der Waals surface area contributed by atoms with E-state index >= 15 is 0 Å². The van der Waals surface area contributed by atoms with Crippen LogP contribution in [0.5, 0.6) is 0 Å². The summed E-state index contributed by atoms with van der Waals surface area (Å²) in [5, 5.41) is 0. The highest BCUT2D eigenvalue weighted by Crippen LogP contribution is 2.40. The number of carbonyl (C=O) groups is 3. The number of amides is 2. The maximum Gasteiger partial charge on any atom is 0.257 e. The lowest BCUT2D eigenvalue weighted by molar-refractivity contribution is -0.143. The molecule has 0 aromatic heterocycles. The van der Waals surface area contributed by atoms with Crippen molar-refractivity contribution in [3.63, 3.8) is 0 Å². The highest BCUT2D eigenvalue weighted by molar-refractivity contribution is 6.20. The topological polar surface area (TPSA) is 54.5 Å². The van der Waals surface area contributed by atoms with Crippen molar-refractivity contribution >= 4 is 17.6 Å². The summed E-state index contributed by atoms with van der Waals surface area (Å²) in [6.07, 6.45) is 0.478. The Labute approximate surface area is 127 Å². The Morgan fingerprint density at radius 2 is 1.38 bits per heavy atom. The van der Waals surface area contributed by atoms with Crippen LogP contribution in [0.25, 0.3) is 0 Å². The molecule has 1 rings (SSSR count). The molecule has 0 saturated heterocycles. The highest BCUT2D eigenvalue weighted by Gasteiger charge is 2.42. The summed E-state index contributed by atoms with van der Waals surface area (Å²) in [5.74, 6) is -0.901. The molecule has 0 fully saturated rings. The summed E-state index contributed by atoms with van der Waals surface area (Å²) in [5.41, 5.74) is 0.0513. The third-order valence-electron chi connectivity index (χ3n) is 3.55. The normalized spacial score (nSPS) is 18.4. The summed E-state index contributed by atoms with van der Waals surface area (Å²) >= 11 is 0. The molecular formula is C17H27NO3. The van der Waals surface area contributed by atoms with E-state index in [2.05, 4.69) is 0 Å². The van der Waals surface area contributed by atoms with E-state index in [1.165, 1.54) is 4.90 Å². The zero-order valence-corrected chi connectivity index (χ0v) is 14.3. The largest absolute Gasteiger partial charge is 0.294 e. The third-order valence-corrected chi connectivity index (χ3v) is 3.55. The first-order valence-electron chi connectivity index (χ1n) is 7.54. The minimum Gasteiger partial charge on any atom is -0.294 e. The van der Waals surface area contributed by atoms with E-state index in [1.807, 2.05) is 48.5 Å². The molecule has 118 valence electrons. The number of nitrogens with zero attached hydrogens (tertiary/aromatic N) is 1. The second-order valence-corrected chi connectivity index (χ2v) is 7.70. The molecule has 0 radical (unpaired) electrons. The van der Waals surface area contributed by atoms with Gasteiger partial charge in [-0.05, 0) is 17.3 Å². The quantitative estimate of drug-likeness (QED) is 0.580. The number of Topliss-reactive ketones (excluding diaryl/α,β-unsaturated/α-hetero) is 1. The van der Waals surface area contributed by atoms with Gasteiger partial charge >= 0.3 is 0 Å². The Kier molecular flexibility index (Phi) is 4.81. The summed E-state index contributed by atoms with van der Waals surface area (Å²) in [4.78, 5) is 38.9. The lowest BCUT2D eigenvalue weighted by atomic mass is 9.73. The van der Waals surface area contributed by atoms with Crippen LogP contribution in [0.2, 0.25) is 0 Å². The van der Waals surface area contributed by atoms with Crippen LogP contribution in [0.3, 0.4) is 0 Å². The minimum atomic E-state index is -0.480. The lowest BCUT2D eigenvalue weighted by Gasteiger charge is -2.31. The minimum absolute atomic E-state index is 0.210. The average Bonchev–Trinajstić information content (AvgIpc) is 2.36. The van der Waals surface area contributed by atoms with E-state index in [1.54, 1.807) is 0 Å². The SMILES string of the molecule is CCCN1C(=O)CC(=O)C(C(C)(C)C)=C(C(C)(C)C)C1=O. The Morgan fingerprint density at radius 3 is 1.76 bits per heavy atom. The highest BCUT2D eigenvalue weighted by atomic mass is 16.2. The molecule has 0 aromatic rings. The van der Waals surface area contributed by atoms with Crippen molar-refractivity contribution in [1.29, 1.82) is 0 Å². The van der Waals surface area contributed by atoms with Gasteiger partial charge in [0.2, 0.25) is 5.91 Å². The van der Waals surface area contributed by atoms with Crippen molar-refractivity contribution in [2.45, 2.75) is 61.3 Å². The molecule has 4 heteroatoms. The van der Waals surface area contributed by atoms with Crippen LogP contribution in [0.4, 0.5) is 0 Å². The van der Waals surface area contributed by atoms with Crippen LogP contribution in [0.1, 0.15) is 61.3 Å². The van der Waals surface area contributed by atoms with Crippen LogP contribution < -0.4 is 0 Å². The van der Waals surface area contributed by atoms with E-state index in [0.717, 1.165) is 0 Å². The molecule has 2 amide bonds. The fourth-order valence-electron chi connectivity index (χ4n) is 2.75. The van der Waals surface area contributed by atoms with Crippen molar-refractivity contribution in [1.82, 2.24) is 4.90 Å². The first-order valence-corrected chi connectivity index (χ1v) is 7.54. The van der Waals surface area contributed by atoms with Crippen molar-refractivity contribution in [3.05, 3.63) is 11.1 Å². The maximum atomic E-state index is 12.9. The van der Waals surface area contributed by atoms with Gasteiger partial charge in [0.1, 0.15) is 0 Å². The van der Waals surface area contributed by atoms with Gasteiger partial charge in [-0.15, -0.1) is 0 Å². The van der Waals surface area contributed by atoms with Crippen molar-refractivity contribution < 1.29 is 14.4 Å². The number of allylic oxidation sites excluding steroid dienone is 1. The second kappa shape index (κ2) is 5.74. The summed E-state index contributed by atoms with van der Waals surface area (Å²) in [6, 6.07) is 0. The molecule has 1 aliphatic rings. The van der Waals surface area contributed by atoms with Gasteiger partial charge in [-0.25, -0.2) is 0 Å². The average molecular weight is 293 g/mol. The molecular weight excluding hydrogens is 266 g/mol. The molecule has 0 unspecified atom stereocenters. The van der Waals surface area contributed by atoms with Crippen molar-refractivity contribution in [3.8, 4) is 0 Å². The van der Waals surface area contributed by atoms with E-state index < -0.39 is 10.8 Å². The second-order valence-electron chi connectivity index (χ2n) is 7.70. The molecule has 1 aliphatic heterocycles. The Hall–Kier alpha value is -1.45. The van der Waals surface area contributed by atoms with Gasteiger partial charge in [-0.3, -0.25) is 19.3 Å². The zero-order valence-electron chi connectivity index (χ0n) is 14.3. The smallest absolute Gasteiger partial charge is 0.257 e. The molecule has 0 N–H and O–H groups in total. The Bertz CT molecular complexity index is 501. The first-order chi connectivity index (χ1) is 9.41. The fourth-order valence-corrected chi connectivity index (χ4v) is 2.75.